The van der Waals surface area contributed by atoms with E-state index in [4.69, 9.17) is 0 Å². The van der Waals surface area contributed by atoms with E-state index in [0.717, 1.165) is 5.69 Å². The molecule has 0 radical (unpaired) electrons. The third-order valence-corrected chi connectivity index (χ3v) is 3.29. The molecule has 2 nitrogen and oxygen atoms in total. The molecule has 0 aliphatic heterocycles. The molecule has 0 atom stereocenters. The predicted octanol–water partition coefficient (Wildman–Crippen LogP) is 3.73. The van der Waals surface area contributed by atoms with Crippen LogP contribution in [-0.4, -0.2) is 4.98 Å². The first-order chi connectivity index (χ1) is 7.79. The molecule has 0 saturated carbocycles. The van der Waals surface area contributed by atoms with E-state index in [0.29, 0.717) is 15.4 Å². The van der Waals surface area contributed by atoms with E-state index in [2.05, 4.69) is 20.9 Å². The number of rotatable bonds is 0. The van der Waals surface area contributed by atoms with Crippen molar-refractivity contribution in [2.45, 2.75) is 26.2 Å². The zero-order valence-electron chi connectivity index (χ0n) is 9.90. The summed E-state index contributed by atoms with van der Waals surface area (Å²) in [5.74, 6) is -0.376. The zero-order chi connectivity index (χ0) is 12.8. The summed E-state index contributed by atoms with van der Waals surface area (Å²) in [6, 6.07) is 4.43. The maximum Gasteiger partial charge on any atom is 0.189 e. The van der Waals surface area contributed by atoms with E-state index < -0.39 is 0 Å². The maximum atomic E-state index is 13.4. The van der Waals surface area contributed by atoms with E-state index in [1.807, 2.05) is 20.8 Å². The fourth-order valence-electron chi connectivity index (χ4n) is 1.65. The number of H-pyrrole nitrogens is 1. The third kappa shape index (κ3) is 2.27. The Balaban J connectivity index is 2.83. The molecule has 1 aromatic carbocycles. The molecule has 90 valence electrons. The number of aromatic nitrogens is 1. The lowest BCUT2D eigenvalue weighted by atomic mass is 9.91. The highest BCUT2D eigenvalue weighted by molar-refractivity contribution is 9.10. The van der Waals surface area contributed by atoms with Crippen LogP contribution in [0.1, 0.15) is 26.5 Å². The number of aromatic amines is 1. The third-order valence-electron chi connectivity index (χ3n) is 2.68. The van der Waals surface area contributed by atoms with Crippen LogP contribution in [-0.2, 0) is 5.41 Å². The van der Waals surface area contributed by atoms with Gasteiger partial charge in [0.15, 0.2) is 5.43 Å². The average Bonchev–Trinajstić information content (AvgIpc) is 2.19. The molecule has 2 rings (SSSR count). The summed E-state index contributed by atoms with van der Waals surface area (Å²) < 4.78 is 13.7. The van der Waals surface area contributed by atoms with Crippen LogP contribution in [0.2, 0.25) is 0 Å². The predicted molar refractivity (Wildman–Crippen MR) is 70.9 cm³/mol. The Bertz CT molecular complexity index is 640. The van der Waals surface area contributed by atoms with Crippen molar-refractivity contribution in [2.24, 2.45) is 0 Å². The summed E-state index contributed by atoms with van der Waals surface area (Å²) in [7, 11) is 0. The lowest BCUT2D eigenvalue weighted by Crippen LogP contribution is -2.17. The molecule has 1 heterocycles. The molecule has 1 aromatic heterocycles. The first-order valence-corrected chi connectivity index (χ1v) is 6.11. The van der Waals surface area contributed by atoms with Crippen LogP contribution >= 0.6 is 15.9 Å². The highest BCUT2D eigenvalue weighted by Gasteiger charge is 2.16. The van der Waals surface area contributed by atoms with Crippen molar-refractivity contribution in [3.8, 4) is 0 Å². The normalized spacial score (nSPS) is 12.1. The van der Waals surface area contributed by atoms with Gasteiger partial charge in [0.2, 0.25) is 0 Å². The van der Waals surface area contributed by atoms with Crippen molar-refractivity contribution in [1.29, 1.82) is 0 Å². The van der Waals surface area contributed by atoms with Gasteiger partial charge in [-0.2, -0.15) is 0 Å². The van der Waals surface area contributed by atoms with Crippen LogP contribution in [0.3, 0.4) is 0 Å². The Morgan fingerprint density at radius 1 is 1.24 bits per heavy atom. The topological polar surface area (TPSA) is 32.9 Å². The summed E-state index contributed by atoms with van der Waals surface area (Å²) >= 11 is 3.08. The molecule has 1 N–H and O–H groups in total. The molecule has 0 spiro atoms. The van der Waals surface area contributed by atoms with Crippen LogP contribution in [0.25, 0.3) is 10.9 Å². The van der Waals surface area contributed by atoms with Gasteiger partial charge >= 0.3 is 0 Å². The zero-order valence-corrected chi connectivity index (χ0v) is 11.5. The first-order valence-electron chi connectivity index (χ1n) is 5.31. The second-order valence-corrected chi connectivity index (χ2v) is 5.96. The number of benzene rings is 1. The van der Waals surface area contributed by atoms with E-state index in [9.17, 15) is 9.18 Å². The summed E-state index contributed by atoms with van der Waals surface area (Å²) in [6.07, 6.45) is 0. The fraction of sp³-hybridized carbons (Fsp3) is 0.308. The molecule has 0 amide bonds. The largest absolute Gasteiger partial charge is 0.358 e. The lowest BCUT2D eigenvalue weighted by Gasteiger charge is -2.19. The van der Waals surface area contributed by atoms with Crippen molar-refractivity contribution >= 4 is 26.8 Å². The molecular formula is C13H13BrFNO. The van der Waals surface area contributed by atoms with Gasteiger partial charge in [0.1, 0.15) is 5.82 Å². The van der Waals surface area contributed by atoms with Gasteiger partial charge in [-0.25, -0.2) is 4.39 Å². The number of fused-ring (bicyclic) bond motifs is 1. The maximum absolute atomic E-state index is 13.4. The minimum atomic E-state index is -0.376. The smallest absolute Gasteiger partial charge is 0.189 e. The second-order valence-electron chi connectivity index (χ2n) is 5.11. The lowest BCUT2D eigenvalue weighted by molar-refractivity contribution is 0.570. The standard InChI is InChI=1S/C13H13BrFNO/c1-13(2,3)12-6-11(17)7-4-8(14)9(15)5-10(7)16-12/h4-6H,1-3H3,(H,16,17). The van der Waals surface area contributed by atoms with Gasteiger partial charge in [-0.05, 0) is 28.1 Å². The SMILES string of the molecule is CC(C)(C)c1cc(=O)c2cc(Br)c(F)cc2[nH]1. The summed E-state index contributed by atoms with van der Waals surface area (Å²) in [5, 5.41) is 0.492. The van der Waals surface area contributed by atoms with Crippen molar-refractivity contribution in [3.63, 3.8) is 0 Å². The molecule has 0 bridgehead atoms. The molecule has 17 heavy (non-hydrogen) atoms. The number of halogens is 2. The van der Waals surface area contributed by atoms with Gasteiger partial charge < -0.3 is 4.98 Å². The Kier molecular flexibility index (Phi) is 2.86. The molecule has 0 aliphatic carbocycles. The molecule has 0 unspecified atom stereocenters. The van der Waals surface area contributed by atoms with Crippen LogP contribution in [0.5, 0.6) is 0 Å². The van der Waals surface area contributed by atoms with Crippen LogP contribution in [0.4, 0.5) is 4.39 Å². The van der Waals surface area contributed by atoms with Gasteiger partial charge in [-0.15, -0.1) is 0 Å². The van der Waals surface area contributed by atoms with Gasteiger partial charge in [-0.1, -0.05) is 20.8 Å². The van der Waals surface area contributed by atoms with Gasteiger partial charge in [0.25, 0.3) is 0 Å². The van der Waals surface area contributed by atoms with Gasteiger partial charge in [0, 0.05) is 22.6 Å². The summed E-state index contributed by atoms with van der Waals surface area (Å²) in [4.78, 5) is 15.1. The van der Waals surface area contributed by atoms with Crippen molar-refractivity contribution in [2.75, 3.05) is 0 Å². The van der Waals surface area contributed by atoms with Crippen molar-refractivity contribution < 1.29 is 4.39 Å². The van der Waals surface area contributed by atoms with E-state index >= 15 is 0 Å². The molecule has 4 heteroatoms. The second kappa shape index (κ2) is 3.95. The molecule has 0 aliphatic rings. The molecule has 0 fully saturated rings. The van der Waals surface area contributed by atoms with Crippen molar-refractivity contribution in [1.82, 2.24) is 4.98 Å². The molecule has 0 saturated heterocycles. The summed E-state index contributed by atoms with van der Waals surface area (Å²) in [5.41, 5.74) is 1.07. The Morgan fingerprint density at radius 2 is 1.88 bits per heavy atom. The number of pyridine rings is 1. The monoisotopic (exact) mass is 297 g/mol. The number of hydrogen-bond acceptors (Lipinski definition) is 1. The van der Waals surface area contributed by atoms with Crippen LogP contribution in [0, 0.1) is 5.82 Å². The number of nitrogens with one attached hydrogen (secondary N) is 1. The average molecular weight is 298 g/mol. The minimum Gasteiger partial charge on any atom is -0.358 e. The Hall–Kier alpha value is -1.16. The van der Waals surface area contributed by atoms with E-state index in [1.54, 1.807) is 6.07 Å². The van der Waals surface area contributed by atoms with E-state index in [1.165, 1.54) is 12.1 Å². The van der Waals surface area contributed by atoms with Crippen LogP contribution in [0.15, 0.2) is 27.5 Å². The van der Waals surface area contributed by atoms with Gasteiger partial charge in [-0.3, -0.25) is 4.79 Å². The molecular weight excluding hydrogens is 285 g/mol. The highest BCUT2D eigenvalue weighted by Crippen LogP contribution is 2.24. The fourth-order valence-corrected chi connectivity index (χ4v) is 1.99. The molecule has 2 aromatic rings. The van der Waals surface area contributed by atoms with Crippen LogP contribution < -0.4 is 5.43 Å². The van der Waals surface area contributed by atoms with Crippen molar-refractivity contribution in [3.05, 3.63) is 44.4 Å². The van der Waals surface area contributed by atoms with E-state index in [-0.39, 0.29) is 16.7 Å². The Labute approximate surface area is 107 Å². The highest BCUT2D eigenvalue weighted by atomic mass is 79.9. The minimum absolute atomic E-state index is 0.0932. The first kappa shape index (κ1) is 12.3. The Morgan fingerprint density at radius 3 is 2.47 bits per heavy atom. The van der Waals surface area contributed by atoms with Gasteiger partial charge in [0.05, 0.1) is 9.99 Å². The number of hydrogen-bond donors (Lipinski definition) is 1. The summed E-state index contributed by atoms with van der Waals surface area (Å²) in [6.45, 7) is 6.00. The quantitative estimate of drug-likeness (QED) is 0.790.